The molecule has 3 aliphatic rings. The van der Waals surface area contributed by atoms with Crippen molar-refractivity contribution in [3.8, 4) is 0 Å². The van der Waals surface area contributed by atoms with E-state index in [9.17, 15) is 14.7 Å². The van der Waals surface area contributed by atoms with E-state index in [1.54, 1.807) is 6.92 Å². The Morgan fingerprint density at radius 1 is 1.04 bits per heavy atom. The third kappa shape index (κ3) is 4.94. The van der Waals surface area contributed by atoms with Gasteiger partial charge in [-0.25, -0.2) is 0 Å². The third-order valence-electron chi connectivity index (χ3n) is 6.20. The summed E-state index contributed by atoms with van der Waals surface area (Å²) in [5, 5.41) is 14.1. The average Bonchev–Trinajstić information content (AvgIpc) is 2.69. The van der Waals surface area contributed by atoms with E-state index in [1.165, 1.54) is 6.42 Å². The minimum absolute atomic E-state index is 0.0390. The topological polar surface area (TPSA) is 72.9 Å². The molecule has 2 N–H and O–H groups in total. The number of likely N-dealkylation sites (tertiary alicyclic amines) is 2. The molecule has 2 heterocycles. The molecule has 0 radical (unpaired) electrons. The molecule has 0 unspecified atom stereocenters. The molecule has 0 spiro atoms. The van der Waals surface area contributed by atoms with E-state index in [0.717, 1.165) is 58.2 Å². The van der Waals surface area contributed by atoms with Crippen LogP contribution in [0.1, 0.15) is 58.3 Å². The molecule has 2 amide bonds. The molecule has 1 atom stereocenters. The molecule has 6 nitrogen and oxygen atoms in total. The monoisotopic (exact) mass is 351 g/mol. The Bertz CT molecular complexity index is 486. The van der Waals surface area contributed by atoms with Crippen LogP contribution in [-0.4, -0.2) is 71.1 Å². The van der Waals surface area contributed by atoms with Crippen LogP contribution >= 0.6 is 0 Å². The highest BCUT2D eigenvalue weighted by Crippen LogP contribution is 2.31. The number of β-amino-alcohol motifs (C(OH)–C–C–N with tert-alkyl or cyclic N) is 1. The molecule has 142 valence electrons. The second kappa shape index (κ2) is 8.04. The van der Waals surface area contributed by atoms with Crippen LogP contribution in [0, 0.1) is 5.92 Å². The number of aliphatic hydroxyl groups is 1. The van der Waals surface area contributed by atoms with Crippen LogP contribution in [0.25, 0.3) is 0 Å². The van der Waals surface area contributed by atoms with Gasteiger partial charge in [0, 0.05) is 51.6 Å². The lowest BCUT2D eigenvalue weighted by Gasteiger charge is -2.38. The normalized spacial score (nSPS) is 29.8. The minimum atomic E-state index is -0.685. The molecule has 3 fully saturated rings. The van der Waals surface area contributed by atoms with Gasteiger partial charge in [0.2, 0.25) is 11.8 Å². The largest absolute Gasteiger partial charge is 0.388 e. The Balaban J connectivity index is 1.46. The Kier molecular flexibility index (Phi) is 6.00. The number of piperidine rings is 1. The standard InChI is InChI=1S/C19H33N3O3/c1-15(23)20-17-6-11-21(12-7-17)14-19(25)8-3-10-22(13-9-19)18(24)16-4-2-5-16/h16-17,25H,2-14H2,1H3,(H,20,23)/t19-/m0/s1. The number of hydrogen-bond donors (Lipinski definition) is 2. The van der Waals surface area contributed by atoms with E-state index >= 15 is 0 Å². The van der Waals surface area contributed by atoms with Crippen molar-refractivity contribution >= 4 is 11.8 Å². The SMILES string of the molecule is CC(=O)NC1CCN(C[C@]2(O)CCCN(C(=O)C3CCC3)CC2)CC1. The summed E-state index contributed by atoms with van der Waals surface area (Å²) >= 11 is 0. The first kappa shape index (κ1) is 18.6. The van der Waals surface area contributed by atoms with Gasteiger partial charge in [0.05, 0.1) is 5.60 Å². The first-order valence-electron chi connectivity index (χ1n) is 9.96. The maximum absolute atomic E-state index is 12.5. The first-order valence-corrected chi connectivity index (χ1v) is 9.96. The van der Waals surface area contributed by atoms with Crippen molar-refractivity contribution in [2.45, 2.75) is 69.9 Å². The van der Waals surface area contributed by atoms with E-state index in [0.29, 0.717) is 25.4 Å². The molecule has 6 heteroatoms. The highest BCUT2D eigenvalue weighted by molar-refractivity contribution is 5.79. The summed E-state index contributed by atoms with van der Waals surface area (Å²) in [5.41, 5.74) is -0.685. The van der Waals surface area contributed by atoms with Crippen molar-refractivity contribution in [3.63, 3.8) is 0 Å². The molecule has 0 aromatic heterocycles. The Morgan fingerprint density at radius 3 is 2.36 bits per heavy atom. The van der Waals surface area contributed by atoms with E-state index in [1.807, 2.05) is 4.90 Å². The lowest BCUT2D eigenvalue weighted by molar-refractivity contribution is -0.138. The summed E-state index contributed by atoms with van der Waals surface area (Å²) in [6, 6.07) is 0.271. The van der Waals surface area contributed by atoms with E-state index < -0.39 is 5.60 Å². The summed E-state index contributed by atoms with van der Waals surface area (Å²) in [5.74, 6) is 0.600. The zero-order valence-electron chi connectivity index (χ0n) is 15.5. The molecular formula is C19H33N3O3. The predicted molar refractivity (Wildman–Crippen MR) is 96.0 cm³/mol. The van der Waals surface area contributed by atoms with Gasteiger partial charge < -0.3 is 20.2 Å². The fraction of sp³-hybridized carbons (Fsp3) is 0.895. The van der Waals surface area contributed by atoms with Crippen LogP contribution < -0.4 is 5.32 Å². The van der Waals surface area contributed by atoms with Crippen molar-refractivity contribution in [1.82, 2.24) is 15.1 Å². The number of hydrogen-bond acceptors (Lipinski definition) is 4. The summed E-state index contributed by atoms with van der Waals surface area (Å²) in [4.78, 5) is 27.9. The number of nitrogens with one attached hydrogen (secondary N) is 1. The average molecular weight is 351 g/mol. The zero-order chi connectivity index (χ0) is 17.9. The van der Waals surface area contributed by atoms with E-state index in [-0.39, 0.29) is 17.9 Å². The summed E-state index contributed by atoms with van der Waals surface area (Å²) in [7, 11) is 0. The lowest BCUT2D eigenvalue weighted by atomic mass is 9.84. The third-order valence-corrected chi connectivity index (χ3v) is 6.20. The van der Waals surface area contributed by atoms with Gasteiger partial charge in [-0.1, -0.05) is 6.42 Å². The van der Waals surface area contributed by atoms with Crippen LogP contribution in [0.5, 0.6) is 0 Å². The van der Waals surface area contributed by atoms with Crippen LogP contribution in [0.4, 0.5) is 0 Å². The Labute approximate surface area is 150 Å². The van der Waals surface area contributed by atoms with Gasteiger partial charge in [-0.15, -0.1) is 0 Å². The second-order valence-electron chi connectivity index (χ2n) is 8.28. The molecule has 25 heavy (non-hydrogen) atoms. The molecular weight excluding hydrogens is 318 g/mol. The molecule has 3 rings (SSSR count). The smallest absolute Gasteiger partial charge is 0.225 e. The van der Waals surface area contributed by atoms with Crippen molar-refractivity contribution in [2.24, 2.45) is 5.92 Å². The van der Waals surface area contributed by atoms with Crippen molar-refractivity contribution < 1.29 is 14.7 Å². The maximum atomic E-state index is 12.5. The first-order chi connectivity index (χ1) is 12.0. The quantitative estimate of drug-likeness (QED) is 0.796. The van der Waals surface area contributed by atoms with Crippen LogP contribution in [0.2, 0.25) is 0 Å². The van der Waals surface area contributed by atoms with Gasteiger partial charge in [-0.3, -0.25) is 9.59 Å². The molecule has 0 aromatic carbocycles. The Morgan fingerprint density at radius 2 is 1.76 bits per heavy atom. The molecule has 2 saturated heterocycles. The van der Waals surface area contributed by atoms with E-state index in [4.69, 9.17) is 0 Å². The molecule has 0 aromatic rings. The molecule has 0 bridgehead atoms. The van der Waals surface area contributed by atoms with Gasteiger partial charge in [-0.2, -0.15) is 0 Å². The maximum Gasteiger partial charge on any atom is 0.225 e. The summed E-state index contributed by atoms with van der Waals surface area (Å²) in [6.45, 7) is 5.56. The van der Waals surface area contributed by atoms with Crippen molar-refractivity contribution in [1.29, 1.82) is 0 Å². The van der Waals surface area contributed by atoms with Crippen LogP contribution in [0.15, 0.2) is 0 Å². The number of carbonyl (C=O) groups is 2. The lowest BCUT2D eigenvalue weighted by Crippen LogP contribution is -2.50. The zero-order valence-corrected chi connectivity index (χ0v) is 15.5. The van der Waals surface area contributed by atoms with Crippen molar-refractivity contribution in [3.05, 3.63) is 0 Å². The highest BCUT2D eigenvalue weighted by atomic mass is 16.3. The second-order valence-corrected chi connectivity index (χ2v) is 8.28. The fourth-order valence-corrected chi connectivity index (χ4v) is 4.41. The molecule has 2 aliphatic heterocycles. The highest BCUT2D eigenvalue weighted by Gasteiger charge is 2.36. The number of rotatable bonds is 4. The summed E-state index contributed by atoms with van der Waals surface area (Å²) in [6.07, 6.45) is 7.50. The summed E-state index contributed by atoms with van der Waals surface area (Å²) < 4.78 is 0. The van der Waals surface area contributed by atoms with Gasteiger partial charge in [-0.05, 0) is 44.9 Å². The van der Waals surface area contributed by atoms with Gasteiger partial charge >= 0.3 is 0 Å². The number of carbonyl (C=O) groups excluding carboxylic acids is 2. The van der Waals surface area contributed by atoms with Gasteiger partial charge in [0.1, 0.15) is 0 Å². The number of amides is 2. The van der Waals surface area contributed by atoms with E-state index in [2.05, 4.69) is 10.2 Å². The molecule has 1 aliphatic carbocycles. The van der Waals surface area contributed by atoms with Crippen molar-refractivity contribution in [2.75, 3.05) is 32.7 Å². The predicted octanol–water partition coefficient (Wildman–Crippen LogP) is 1.13. The molecule has 1 saturated carbocycles. The van der Waals surface area contributed by atoms with Gasteiger partial charge in [0.25, 0.3) is 0 Å². The fourth-order valence-electron chi connectivity index (χ4n) is 4.41. The van der Waals surface area contributed by atoms with Crippen LogP contribution in [0.3, 0.4) is 0 Å². The van der Waals surface area contributed by atoms with Crippen LogP contribution in [-0.2, 0) is 9.59 Å². The Hall–Kier alpha value is -1.14. The van der Waals surface area contributed by atoms with Gasteiger partial charge in [0.15, 0.2) is 0 Å². The minimum Gasteiger partial charge on any atom is -0.388 e. The number of nitrogens with zero attached hydrogens (tertiary/aromatic N) is 2.